The average Bonchev–Trinajstić information content (AvgIpc) is 3.06. The molecule has 0 spiro atoms. The SMILES string of the molecule is COCCOc1ccc(C(F)(F)F)cc1NC(=O)c1n[nH]c2c1CNCC2. The Balaban J connectivity index is 1.86. The summed E-state index contributed by atoms with van der Waals surface area (Å²) in [5.74, 6) is -0.483. The summed E-state index contributed by atoms with van der Waals surface area (Å²) in [5.41, 5.74) is 0.749. The predicted molar refractivity (Wildman–Crippen MR) is 90.8 cm³/mol. The monoisotopic (exact) mass is 384 g/mol. The number of nitrogens with one attached hydrogen (secondary N) is 3. The van der Waals surface area contributed by atoms with Gasteiger partial charge in [-0.25, -0.2) is 0 Å². The van der Waals surface area contributed by atoms with Gasteiger partial charge >= 0.3 is 6.18 Å². The van der Waals surface area contributed by atoms with Crippen LogP contribution in [0.5, 0.6) is 5.75 Å². The second-order valence-electron chi connectivity index (χ2n) is 5.96. The summed E-state index contributed by atoms with van der Waals surface area (Å²) in [5, 5.41) is 12.4. The summed E-state index contributed by atoms with van der Waals surface area (Å²) in [4.78, 5) is 12.6. The Morgan fingerprint density at radius 1 is 1.33 bits per heavy atom. The molecular weight excluding hydrogens is 365 g/mol. The van der Waals surface area contributed by atoms with Gasteiger partial charge in [0.1, 0.15) is 12.4 Å². The molecular formula is C17H19F3N4O3. The third-order valence-corrected chi connectivity index (χ3v) is 4.12. The number of hydrogen-bond donors (Lipinski definition) is 3. The molecule has 1 aromatic carbocycles. The van der Waals surface area contributed by atoms with Crippen molar-refractivity contribution < 1.29 is 27.4 Å². The first-order valence-corrected chi connectivity index (χ1v) is 8.31. The molecule has 0 bridgehead atoms. The third-order valence-electron chi connectivity index (χ3n) is 4.12. The molecule has 0 fully saturated rings. The predicted octanol–water partition coefficient (Wildman–Crippen LogP) is 2.35. The standard InChI is InChI=1S/C17H19F3N4O3/c1-26-6-7-27-14-3-2-10(17(18,19)20)8-13(14)22-16(25)15-11-9-21-5-4-12(11)23-24-15/h2-3,8,21H,4-7,9H2,1H3,(H,22,25)(H,23,24). The van der Waals surface area contributed by atoms with E-state index in [1.807, 2.05) is 0 Å². The van der Waals surface area contributed by atoms with Crippen molar-refractivity contribution in [3.8, 4) is 5.75 Å². The highest BCUT2D eigenvalue weighted by Crippen LogP contribution is 2.35. The van der Waals surface area contributed by atoms with E-state index in [-0.39, 0.29) is 30.3 Å². The number of fused-ring (bicyclic) bond motifs is 1. The summed E-state index contributed by atoms with van der Waals surface area (Å²) in [6.45, 7) is 1.62. The molecule has 3 rings (SSSR count). The smallest absolute Gasteiger partial charge is 0.416 e. The highest BCUT2D eigenvalue weighted by atomic mass is 19.4. The van der Waals surface area contributed by atoms with Crippen molar-refractivity contribution in [2.24, 2.45) is 0 Å². The Labute approximate surface area is 153 Å². The largest absolute Gasteiger partial charge is 0.489 e. The summed E-state index contributed by atoms with van der Waals surface area (Å²) >= 11 is 0. The number of benzene rings is 1. The van der Waals surface area contributed by atoms with Gasteiger partial charge in [0.05, 0.1) is 17.9 Å². The highest BCUT2D eigenvalue weighted by molar-refractivity contribution is 6.04. The van der Waals surface area contributed by atoms with E-state index in [2.05, 4.69) is 20.8 Å². The zero-order valence-corrected chi connectivity index (χ0v) is 14.6. The van der Waals surface area contributed by atoms with Crippen molar-refractivity contribution in [2.75, 3.05) is 32.2 Å². The van der Waals surface area contributed by atoms with E-state index < -0.39 is 17.6 Å². The van der Waals surface area contributed by atoms with Crippen LogP contribution in [0.4, 0.5) is 18.9 Å². The van der Waals surface area contributed by atoms with Gasteiger partial charge in [0.15, 0.2) is 5.69 Å². The first-order chi connectivity index (χ1) is 12.9. The highest BCUT2D eigenvalue weighted by Gasteiger charge is 2.32. The maximum atomic E-state index is 13.0. The molecule has 2 heterocycles. The molecule has 3 N–H and O–H groups in total. The molecule has 10 heteroatoms. The zero-order chi connectivity index (χ0) is 19.4. The molecule has 0 atom stereocenters. The van der Waals surface area contributed by atoms with Gasteiger partial charge < -0.3 is 20.1 Å². The van der Waals surface area contributed by atoms with E-state index in [1.54, 1.807) is 0 Å². The average molecular weight is 384 g/mol. The van der Waals surface area contributed by atoms with Crippen LogP contribution in [-0.2, 0) is 23.9 Å². The first-order valence-electron chi connectivity index (χ1n) is 8.31. The van der Waals surface area contributed by atoms with Crippen molar-refractivity contribution >= 4 is 11.6 Å². The van der Waals surface area contributed by atoms with Gasteiger partial charge in [0, 0.05) is 37.9 Å². The maximum absolute atomic E-state index is 13.0. The van der Waals surface area contributed by atoms with E-state index in [4.69, 9.17) is 9.47 Å². The molecule has 1 aliphatic rings. The third kappa shape index (κ3) is 4.40. The quantitative estimate of drug-likeness (QED) is 0.666. The van der Waals surface area contributed by atoms with Crippen LogP contribution in [0.3, 0.4) is 0 Å². The lowest BCUT2D eigenvalue weighted by molar-refractivity contribution is -0.137. The number of carbonyl (C=O) groups excluding carboxylic acids is 1. The molecule has 7 nitrogen and oxygen atoms in total. The van der Waals surface area contributed by atoms with Gasteiger partial charge in [-0.1, -0.05) is 0 Å². The Hall–Kier alpha value is -2.59. The summed E-state index contributed by atoms with van der Waals surface area (Å²) < 4.78 is 49.4. The molecule has 0 aliphatic carbocycles. The maximum Gasteiger partial charge on any atom is 0.416 e. The molecule has 2 aromatic rings. The van der Waals surface area contributed by atoms with Crippen LogP contribution in [0.1, 0.15) is 27.3 Å². The van der Waals surface area contributed by atoms with E-state index >= 15 is 0 Å². The number of aromatic nitrogens is 2. The van der Waals surface area contributed by atoms with Gasteiger partial charge in [-0.15, -0.1) is 0 Å². The van der Waals surface area contributed by atoms with Gasteiger partial charge in [-0.3, -0.25) is 9.89 Å². The van der Waals surface area contributed by atoms with Crippen LogP contribution < -0.4 is 15.4 Å². The van der Waals surface area contributed by atoms with Gasteiger partial charge in [0.2, 0.25) is 0 Å². The van der Waals surface area contributed by atoms with Gasteiger partial charge in [-0.2, -0.15) is 18.3 Å². The van der Waals surface area contributed by atoms with Crippen LogP contribution in [0.2, 0.25) is 0 Å². The van der Waals surface area contributed by atoms with Gasteiger partial charge in [0.25, 0.3) is 5.91 Å². The fourth-order valence-electron chi connectivity index (χ4n) is 2.76. The number of anilines is 1. The number of nitrogens with zero attached hydrogens (tertiary/aromatic N) is 1. The van der Waals surface area contributed by atoms with Crippen molar-refractivity contribution in [3.63, 3.8) is 0 Å². The number of carbonyl (C=O) groups is 1. The topological polar surface area (TPSA) is 88.3 Å². The molecule has 146 valence electrons. The van der Waals surface area contributed by atoms with Crippen LogP contribution in [0.15, 0.2) is 18.2 Å². The lowest BCUT2D eigenvalue weighted by Gasteiger charge is -2.16. The minimum atomic E-state index is -4.54. The second-order valence-corrected chi connectivity index (χ2v) is 5.96. The van der Waals surface area contributed by atoms with Crippen LogP contribution in [0, 0.1) is 0 Å². The Bertz CT molecular complexity index is 820. The molecule has 0 saturated carbocycles. The molecule has 1 aromatic heterocycles. The van der Waals surface area contributed by atoms with Crippen molar-refractivity contribution in [1.29, 1.82) is 0 Å². The summed E-state index contributed by atoms with van der Waals surface area (Å²) in [6, 6.07) is 2.92. The Morgan fingerprint density at radius 2 is 2.15 bits per heavy atom. The summed E-state index contributed by atoms with van der Waals surface area (Å²) in [6.07, 6.45) is -3.84. The Morgan fingerprint density at radius 3 is 2.89 bits per heavy atom. The molecule has 0 radical (unpaired) electrons. The van der Waals surface area contributed by atoms with Crippen molar-refractivity contribution in [2.45, 2.75) is 19.1 Å². The van der Waals surface area contributed by atoms with E-state index in [1.165, 1.54) is 13.2 Å². The fraction of sp³-hybridized carbons (Fsp3) is 0.412. The van der Waals surface area contributed by atoms with Crippen LogP contribution >= 0.6 is 0 Å². The lowest BCUT2D eigenvalue weighted by atomic mass is 10.1. The minimum absolute atomic E-state index is 0.0774. The van der Waals surface area contributed by atoms with Crippen molar-refractivity contribution in [3.05, 3.63) is 40.7 Å². The lowest BCUT2D eigenvalue weighted by Crippen LogP contribution is -2.25. The normalized spacial score (nSPS) is 13.9. The zero-order valence-electron chi connectivity index (χ0n) is 14.6. The number of halogens is 3. The molecule has 0 saturated heterocycles. The number of hydrogen-bond acceptors (Lipinski definition) is 5. The first kappa shape index (κ1) is 19.2. The number of ether oxygens (including phenoxy) is 2. The Kier molecular flexibility index (Phi) is 5.66. The minimum Gasteiger partial charge on any atom is -0.489 e. The van der Waals surface area contributed by atoms with E-state index in [9.17, 15) is 18.0 Å². The molecule has 27 heavy (non-hydrogen) atoms. The molecule has 1 amide bonds. The number of rotatable bonds is 6. The second kappa shape index (κ2) is 7.97. The van der Waals surface area contributed by atoms with Gasteiger partial charge in [-0.05, 0) is 18.2 Å². The van der Waals surface area contributed by atoms with E-state index in [0.717, 1.165) is 24.4 Å². The number of methoxy groups -OCH3 is 1. The van der Waals surface area contributed by atoms with Crippen LogP contribution in [-0.4, -0.2) is 43.0 Å². The van der Waals surface area contributed by atoms with E-state index in [0.29, 0.717) is 18.5 Å². The molecule has 1 aliphatic heterocycles. The summed E-state index contributed by atoms with van der Waals surface area (Å²) in [7, 11) is 1.48. The number of H-pyrrole nitrogens is 1. The van der Waals surface area contributed by atoms with Crippen molar-refractivity contribution in [1.82, 2.24) is 15.5 Å². The van der Waals surface area contributed by atoms with Crippen LogP contribution in [0.25, 0.3) is 0 Å². The number of alkyl halides is 3. The number of aromatic amines is 1. The fourth-order valence-corrected chi connectivity index (χ4v) is 2.76. The molecule has 0 unspecified atom stereocenters. The number of amides is 1.